The smallest absolute Gasteiger partial charge is 0.429 e. The number of para-hydroxylation sites is 2. The summed E-state index contributed by atoms with van der Waals surface area (Å²) in [6.45, 7) is 0.580. The van der Waals surface area contributed by atoms with Crippen molar-refractivity contribution in [2.24, 2.45) is 0 Å². The second-order valence-electron chi connectivity index (χ2n) is 6.81. The van der Waals surface area contributed by atoms with Crippen LogP contribution < -0.4 is 9.46 Å². The van der Waals surface area contributed by atoms with Gasteiger partial charge in [0.25, 0.3) is 5.88 Å². The quantitative estimate of drug-likeness (QED) is 0.592. The lowest BCUT2D eigenvalue weighted by molar-refractivity contribution is -0.198. The van der Waals surface area contributed by atoms with Crippen molar-refractivity contribution in [3.63, 3.8) is 0 Å². The van der Waals surface area contributed by atoms with E-state index in [1.165, 1.54) is 24.4 Å². The summed E-state index contributed by atoms with van der Waals surface area (Å²) in [5, 5.41) is 0. The van der Waals surface area contributed by atoms with E-state index in [1.54, 1.807) is 18.2 Å². The molecule has 0 saturated carbocycles. The molecule has 2 aromatic heterocycles. The Hall–Kier alpha value is -3.03. The van der Waals surface area contributed by atoms with Gasteiger partial charge in [0.1, 0.15) is 0 Å². The molecule has 1 N–H and O–H groups in total. The Morgan fingerprint density at radius 2 is 1.75 bits per heavy atom. The number of fused-ring (bicyclic) bond motifs is 1. The number of ether oxygens (including phenoxy) is 2. The van der Waals surface area contributed by atoms with Crippen molar-refractivity contribution in [1.82, 2.24) is 19.3 Å². The number of hydrogen-bond donors (Lipinski definition) is 1. The summed E-state index contributed by atoms with van der Waals surface area (Å²) in [6, 6.07) is 8.90. The molecule has 170 valence electrons. The van der Waals surface area contributed by atoms with E-state index in [1.807, 2.05) is 0 Å². The van der Waals surface area contributed by atoms with Crippen LogP contribution in [0, 0.1) is 0 Å². The monoisotopic (exact) mass is 469 g/mol. The number of pyridine rings is 1. The molecule has 0 radical (unpaired) electrons. The lowest BCUT2D eigenvalue weighted by Crippen LogP contribution is -2.43. The minimum absolute atomic E-state index is 0.0907. The number of hydrogen-bond acceptors (Lipinski definition) is 7. The molecule has 3 heterocycles. The Balaban J connectivity index is 1.75. The van der Waals surface area contributed by atoms with Gasteiger partial charge in [0.2, 0.25) is 11.9 Å². The number of nitrogens with zero attached hydrogens (tertiary/aromatic N) is 4. The molecule has 0 amide bonds. The number of rotatable bonds is 6. The fourth-order valence-corrected chi connectivity index (χ4v) is 4.21. The van der Waals surface area contributed by atoms with E-state index < -0.39 is 34.2 Å². The minimum Gasteiger partial charge on any atom is -0.457 e. The number of nitrogens with one attached hydrogen (secondary N) is 1. The first-order chi connectivity index (χ1) is 15.2. The van der Waals surface area contributed by atoms with E-state index in [9.17, 15) is 21.6 Å². The van der Waals surface area contributed by atoms with Crippen LogP contribution in [0.4, 0.5) is 19.0 Å². The average Bonchev–Trinajstić information content (AvgIpc) is 2.77. The van der Waals surface area contributed by atoms with Crippen LogP contribution in [0.1, 0.15) is 11.7 Å². The van der Waals surface area contributed by atoms with Gasteiger partial charge in [-0.25, -0.2) is 14.7 Å². The molecular weight excluding hydrogens is 451 g/mol. The van der Waals surface area contributed by atoms with Gasteiger partial charge in [-0.2, -0.15) is 25.9 Å². The third-order valence-electron chi connectivity index (χ3n) is 4.59. The number of benzene rings is 1. The molecule has 1 atom stereocenters. The number of anilines is 1. The Morgan fingerprint density at radius 3 is 2.38 bits per heavy atom. The number of halogens is 3. The second-order valence-corrected chi connectivity index (χ2v) is 8.48. The summed E-state index contributed by atoms with van der Waals surface area (Å²) >= 11 is 0. The molecule has 1 aliphatic rings. The van der Waals surface area contributed by atoms with Crippen molar-refractivity contribution in [2.75, 3.05) is 31.0 Å². The first-order valence-electron chi connectivity index (χ1n) is 9.50. The SMILES string of the molecule is O=S(=O)(Nc1nc2ccccc2nc1OC(c1cccnc1)C(F)(F)F)N1CCOCC1. The topological polar surface area (TPSA) is 107 Å². The summed E-state index contributed by atoms with van der Waals surface area (Å²) in [7, 11) is -4.14. The summed E-state index contributed by atoms with van der Waals surface area (Å²) < 4.78 is 80.7. The van der Waals surface area contributed by atoms with Crippen LogP contribution in [0.3, 0.4) is 0 Å². The summed E-state index contributed by atoms with van der Waals surface area (Å²) in [5.74, 6) is -1.06. The number of aromatic nitrogens is 3. The molecule has 1 unspecified atom stereocenters. The van der Waals surface area contributed by atoms with Gasteiger partial charge in [-0.05, 0) is 18.2 Å². The fraction of sp³-hybridized carbons (Fsp3) is 0.316. The van der Waals surface area contributed by atoms with Crippen molar-refractivity contribution >= 4 is 27.1 Å². The maximum atomic E-state index is 13.8. The number of morpholine rings is 1. The third kappa shape index (κ3) is 4.89. The standard InChI is InChI=1S/C19H18F3N5O4S/c20-19(21,22)16(13-4-3-7-23-12-13)31-18-17(24-14-5-1-2-6-15(14)25-18)26-32(28,29)27-8-10-30-11-9-27/h1-7,12,16H,8-11H2,(H,24,26). The highest BCUT2D eigenvalue weighted by molar-refractivity contribution is 7.90. The third-order valence-corrected chi connectivity index (χ3v) is 6.08. The van der Waals surface area contributed by atoms with E-state index in [-0.39, 0.29) is 42.9 Å². The van der Waals surface area contributed by atoms with Gasteiger partial charge in [0, 0.05) is 31.0 Å². The van der Waals surface area contributed by atoms with Crippen LogP contribution in [0.15, 0.2) is 48.8 Å². The maximum absolute atomic E-state index is 13.8. The number of alkyl halides is 3. The molecule has 1 aromatic carbocycles. The van der Waals surface area contributed by atoms with Crippen molar-refractivity contribution < 1.29 is 31.1 Å². The Labute approximate surface area is 181 Å². The first kappa shape index (κ1) is 22.2. The second kappa shape index (κ2) is 8.84. The Morgan fingerprint density at radius 1 is 1.06 bits per heavy atom. The van der Waals surface area contributed by atoms with Crippen LogP contribution in [-0.2, 0) is 14.9 Å². The molecule has 0 aliphatic carbocycles. The van der Waals surface area contributed by atoms with E-state index >= 15 is 0 Å². The van der Waals surface area contributed by atoms with Gasteiger partial charge >= 0.3 is 16.4 Å². The molecule has 13 heteroatoms. The van der Waals surface area contributed by atoms with Crippen molar-refractivity contribution in [3.05, 3.63) is 54.4 Å². The van der Waals surface area contributed by atoms with Crippen molar-refractivity contribution in [3.8, 4) is 5.88 Å². The predicted molar refractivity (Wildman–Crippen MR) is 108 cm³/mol. The highest BCUT2D eigenvalue weighted by Gasteiger charge is 2.44. The zero-order chi connectivity index (χ0) is 22.8. The van der Waals surface area contributed by atoms with Crippen LogP contribution in [-0.4, -0.2) is 60.2 Å². The summed E-state index contributed by atoms with van der Waals surface area (Å²) in [5.41, 5.74) is 0.255. The van der Waals surface area contributed by atoms with Crippen LogP contribution in [0.25, 0.3) is 11.0 Å². The lowest BCUT2D eigenvalue weighted by atomic mass is 10.1. The Kier molecular flexibility index (Phi) is 6.13. The average molecular weight is 469 g/mol. The van der Waals surface area contributed by atoms with E-state index in [4.69, 9.17) is 9.47 Å². The fourth-order valence-electron chi connectivity index (χ4n) is 3.07. The van der Waals surface area contributed by atoms with E-state index in [2.05, 4.69) is 19.7 Å². The molecule has 1 saturated heterocycles. The maximum Gasteiger partial charge on any atom is 0.429 e. The minimum atomic E-state index is -4.82. The van der Waals surface area contributed by atoms with E-state index in [0.717, 1.165) is 10.5 Å². The summed E-state index contributed by atoms with van der Waals surface area (Å²) in [4.78, 5) is 12.0. The van der Waals surface area contributed by atoms with Gasteiger partial charge in [-0.1, -0.05) is 18.2 Å². The van der Waals surface area contributed by atoms with Gasteiger partial charge in [0.05, 0.1) is 24.2 Å². The van der Waals surface area contributed by atoms with Gasteiger partial charge in [0.15, 0.2) is 0 Å². The van der Waals surface area contributed by atoms with Crippen LogP contribution >= 0.6 is 0 Å². The largest absolute Gasteiger partial charge is 0.457 e. The van der Waals surface area contributed by atoms with Gasteiger partial charge in [-0.15, -0.1) is 0 Å². The molecular formula is C19H18F3N5O4S. The molecule has 32 heavy (non-hydrogen) atoms. The highest BCUT2D eigenvalue weighted by Crippen LogP contribution is 2.38. The predicted octanol–water partition coefficient (Wildman–Crippen LogP) is 2.70. The zero-order valence-electron chi connectivity index (χ0n) is 16.5. The van der Waals surface area contributed by atoms with E-state index in [0.29, 0.717) is 0 Å². The van der Waals surface area contributed by atoms with Crippen molar-refractivity contribution in [1.29, 1.82) is 0 Å². The molecule has 0 bridgehead atoms. The molecule has 4 rings (SSSR count). The normalized spacial score (nSPS) is 16.6. The molecule has 9 nitrogen and oxygen atoms in total. The van der Waals surface area contributed by atoms with Crippen molar-refractivity contribution in [2.45, 2.75) is 12.3 Å². The zero-order valence-corrected chi connectivity index (χ0v) is 17.3. The molecule has 1 aliphatic heterocycles. The molecule has 3 aromatic rings. The lowest BCUT2D eigenvalue weighted by Gasteiger charge is -2.27. The summed E-state index contributed by atoms with van der Waals surface area (Å²) in [6.07, 6.45) is -4.91. The van der Waals surface area contributed by atoms with Crippen LogP contribution in [0.5, 0.6) is 5.88 Å². The highest BCUT2D eigenvalue weighted by atomic mass is 32.2. The Bertz CT molecular complexity index is 1190. The first-order valence-corrected chi connectivity index (χ1v) is 10.9. The van der Waals surface area contributed by atoms with Crippen LogP contribution in [0.2, 0.25) is 0 Å². The molecule has 0 spiro atoms. The van der Waals surface area contributed by atoms with Gasteiger partial charge in [-0.3, -0.25) is 4.98 Å². The van der Waals surface area contributed by atoms with Gasteiger partial charge < -0.3 is 9.47 Å². The molecule has 1 fully saturated rings.